The van der Waals surface area contributed by atoms with Crippen molar-refractivity contribution in [2.24, 2.45) is 0 Å². The van der Waals surface area contributed by atoms with E-state index in [1.165, 1.54) is 67.8 Å². The second-order valence-electron chi connectivity index (χ2n) is 4.90. The largest absolute Gasteiger partial charge is 0.0928 e. The molecule has 1 aromatic rings. The van der Waals surface area contributed by atoms with E-state index in [2.05, 4.69) is 47.1 Å². The van der Waals surface area contributed by atoms with Crippen LogP contribution in [0.15, 0.2) is 24.3 Å². The predicted octanol–water partition coefficient (Wildman–Crippen LogP) is 5.66. The summed E-state index contributed by atoms with van der Waals surface area (Å²) in [6.45, 7) is 2.15. The maximum absolute atomic E-state index is 3.47. The molecular formula is C16H25Br. The number of unbranched alkanes of at least 4 members (excludes halogenated alkanes) is 6. The molecule has 0 aliphatic heterocycles. The standard InChI is InChI=1S/C16H25Br/c1-15-10-12-16(13-11-15)9-7-5-3-2-4-6-8-14-17/h10-13H,2-9,14H2,1H3. The molecule has 0 bridgehead atoms. The van der Waals surface area contributed by atoms with Gasteiger partial charge >= 0.3 is 0 Å². The summed E-state index contributed by atoms with van der Waals surface area (Å²) in [4.78, 5) is 0. The maximum Gasteiger partial charge on any atom is 0.00313 e. The molecule has 0 N–H and O–H groups in total. The van der Waals surface area contributed by atoms with Gasteiger partial charge < -0.3 is 0 Å². The average Bonchev–Trinajstić information content (AvgIpc) is 2.35. The third-order valence-corrected chi connectivity index (χ3v) is 3.78. The van der Waals surface area contributed by atoms with E-state index in [1.807, 2.05) is 0 Å². The topological polar surface area (TPSA) is 0 Å². The Morgan fingerprint density at radius 1 is 0.765 bits per heavy atom. The molecule has 0 saturated carbocycles. The first-order valence-corrected chi connectivity index (χ1v) is 8.06. The van der Waals surface area contributed by atoms with E-state index in [0.29, 0.717) is 0 Å². The molecule has 0 radical (unpaired) electrons. The lowest BCUT2D eigenvalue weighted by atomic mass is 10.0. The molecule has 0 aliphatic rings. The van der Waals surface area contributed by atoms with Crippen molar-refractivity contribution in [2.45, 2.75) is 58.3 Å². The van der Waals surface area contributed by atoms with Crippen LogP contribution in [0, 0.1) is 6.92 Å². The van der Waals surface area contributed by atoms with Crippen LogP contribution in [-0.4, -0.2) is 5.33 Å². The SMILES string of the molecule is Cc1ccc(CCCCCCCCCBr)cc1. The van der Waals surface area contributed by atoms with Gasteiger partial charge in [-0.2, -0.15) is 0 Å². The molecule has 0 spiro atoms. The van der Waals surface area contributed by atoms with Crippen molar-refractivity contribution in [3.8, 4) is 0 Å². The Labute approximate surface area is 115 Å². The van der Waals surface area contributed by atoms with Crippen molar-refractivity contribution in [1.29, 1.82) is 0 Å². The van der Waals surface area contributed by atoms with Gasteiger partial charge in [-0.1, -0.05) is 77.9 Å². The highest BCUT2D eigenvalue weighted by atomic mass is 79.9. The van der Waals surface area contributed by atoms with Crippen molar-refractivity contribution < 1.29 is 0 Å². The molecule has 0 nitrogen and oxygen atoms in total. The van der Waals surface area contributed by atoms with Crippen LogP contribution in [0.25, 0.3) is 0 Å². The van der Waals surface area contributed by atoms with Gasteiger partial charge in [0.05, 0.1) is 0 Å². The zero-order chi connectivity index (χ0) is 12.3. The molecule has 0 aliphatic carbocycles. The van der Waals surface area contributed by atoms with Crippen LogP contribution in [0.3, 0.4) is 0 Å². The Morgan fingerprint density at radius 2 is 1.29 bits per heavy atom. The van der Waals surface area contributed by atoms with E-state index < -0.39 is 0 Å². The Hall–Kier alpha value is -0.300. The Kier molecular flexibility index (Phi) is 8.42. The second kappa shape index (κ2) is 9.70. The lowest BCUT2D eigenvalue weighted by molar-refractivity contribution is 0.591. The van der Waals surface area contributed by atoms with Gasteiger partial charge in [0.1, 0.15) is 0 Å². The first kappa shape index (κ1) is 14.8. The smallest absolute Gasteiger partial charge is 0.00313 e. The molecule has 0 heterocycles. The van der Waals surface area contributed by atoms with Gasteiger partial charge in [0.15, 0.2) is 0 Å². The van der Waals surface area contributed by atoms with Gasteiger partial charge in [-0.3, -0.25) is 0 Å². The van der Waals surface area contributed by atoms with Gasteiger partial charge in [-0.25, -0.2) is 0 Å². The van der Waals surface area contributed by atoms with E-state index in [0.717, 1.165) is 0 Å². The van der Waals surface area contributed by atoms with Crippen LogP contribution >= 0.6 is 15.9 Å². The minimum Gasteiger partial charge on any atom is -0.0928 e. The highest BCUT2D eigenvalue weighted by Crippen LogP contribution is 2.11. The summed E-state index contributed by atoms with van der Waals surface area (Å²) in [7, 11) is 0. The van der Waals surface area contributed by atoms with Crippen LogP contribution in [0.2, 0.25) is 0 Å². The highest BCUT2D eigenvalue weighted by molar-refractivity contribution is 9.09. The summed E-state index contributed by atoms with van der Waals surface area (Å²) in [6, 6.07) is 8.97. The summed E-state index contributed by atoms with van der Waals surface area (Å²) in [6.07, 6.45) is 11.0. The van der Waals surface area contributed by atoms with Crippen molar-refractivity contribution in [1.82, 2.24) is 0 Å². The first-order valence-electron chi connectivity index (χ1n) is 6.94. The number of aryl methyl sites for hydroxylation is 2. The zero-order valence-corrected chi connectivity index (χ0v) is 12.6. The Morgan fingerprint density at radius 3 is 1.88 bits per heavy atom. The maximum atomic E-state index is 3.47. The van der Waals surface area contributed by atoms with E-state index in [1.54, 1.807) is 0 Å². The second-order valence-corrected chi connectivity index (χ2v) is 5.69. The number of alkyl halides is 1. The van der Waals surface area contributed by atoms with E-state index in [-0.39, 0.29) is 0 Å². The molecular weight excluding hydrogens is 272 g/mol. The monoisotopic (exact) mass is 296 g/mol. The van der Waals surface area contributed by atoms with Crippen molar-refractivity contribution in [2.75, 3.05) is 5.33 Å². The summed E-state index contributed by atoms with van der Waals surface area (Å²) < 4.78 is 0. The lowest BCUT2D eigenvalue weighted by Crippen LogP contribution is -1.87. The quantitative estimate of drug-likeness (QED) is 0.407. The predicted molar refractivity (Wildman–Crippen MR) is 81.0 cm³/mol. The number of hydrogen-bond acceptors (Lipinski definition) is 0. The Bertz CT molecular complexity index is 276. The normalized spacial score (nSPS) is 10.7. The van der Waals surface area contributed by atoms with Crippen molar-refractivity contribution >= 4 is 15.9 Å². The fourth-order valence-corrected chi connectivity index (χ4v) is 2.46. The molecule has 0 aromatic heterocycles. The van der Waals surface area contributed by atoms with Crippen LogP contribution in [-0.2, 0) is 6.42 Å². The zero-order valence-electron chi connectivity index (χ0n) is 11.1. The number of hydrogen-bond donors (Lipinski definition) is 0. The molecule has 1 rings (SSSR count). The van der Waals surface area contributed by atoms with Gasteiger partial charge in [-0.15, -0.1) is 0 Å². The molecule has 0 fully saturated rings. The summed E-state index contributed by atoms with van der Waals surface area (Å²) >= 11 is 3.47. The van der Waals surface area contributed by atoms with Crippen LogP contribution < -0.4 is 0 Å². The molecule has 1 aromatic carbocycles. The number of rotatable bonds is 9. The van der Waals surface area contributed by atoms with Gasteiger partial charge in [0, 0.05) is 5.33 Å². The molecule has 0 atom stereocenters. The fourth-order valence-electron chi connectivity index (χ4n) is 2.06. The van der Waals surface area contributed by atoms with Gasteiger partial charge in [0.2, 0.25) is 0 Å². The van der Waals surface area contributed by atoms with E-state index in [9.17, 15) is 0 Å². The first-order chi connectivity index (χ1) is 8.33. The van der Waals surface area contributed by atoms with Gasteiger partial charge in [0.25, 0.3) is 0 Å². The third kappa shape index (κ3) is 7.59. The molecule has 96 valence electrons. The summed E-state index contributed by atoms with van der Waals surface area (Å²) in [5.74, 6) is 0. The molecule has 1 heteroatoms. The lowest BCUT2D eigenvalue weighted by Gasteiger charge is -2.03. The van der Waals surface area contributed by atoms with E-state index in [4.69, 9.17) is 0 Å². The van der Waals surface area contributed by atoms with Gasteiger partial charge in [-0.05, 0) is 31.7 Å². The summed E-state index contributed by atoms with van der Waals surface area (Å²) in [5, 5.41) is 1.17. The minimum atomic E-state index is 1.17. The van der Waals surface area contributed by atoms with Crippen LogP contribution in [0.1, 0.15) is 56.1 Å². The fraction of sp³-hybridized carbons (Fsp3) is 0.625. The third-order valence-electron chi connectivity index (χ3n) is 3.22. The van der Waals surface area contributed by atoms with Crippen molar-refractivity contribution in [3.05, 3.63) is 35.4 Å². The molecule has 0 saturated heterocycles. The average molecular weight is 297 g/mol. The molecule has 0 amide bonds. The molecule has 17 heavy (non-hydrogen) atoms. The van der Waals surface area contributed by atoms with Crippen LogP contribution in [0.5, 0.6) is 0 Å². The number of benzene rings is 1. The summed E-state index contributed by atoms with van der Waals surface area (Å²) in [5.41, 5.74) is 2.86. The van der Waals surface area contributed by atoms with E-state index >= 15 is 0 Å². The molecule has 0 unspecified atom stereocenters. The minimum absolute atomic E-state index is 1.17. The number of halogens is 1. The Balaban J connectivity index is 1.95. The van der Waals surface area contributed by atoms with Crippen molar-refractivity contribution in [3.63, 3.8) is 0 Å². The van der Waals surface area contributed by atoms with Crippen LogP contribution in [0.4, 0.5) is 0 Å². The highest BCUT2D eigenvalue weighted by Gasteiger charge is 1.94.